The van der Waals surface area contributed by atoms with Crippen LogP contribution in [0.3, 0.4) is 0 Å². The van der Waals surface area contributed by atoms with Crippen LogP contribution in [0.4, 0.5) is 0 Å². The van der Waals surface area contributed by atoms with Gasteiger partial charge in [-0.1, -0.05) is 81.5 Å². The van der Waals surface area contributed by atoms with Crippen molar-refractivity contribution < 1.29 is 28.5 Å². The van der Waals surface area contributed by atoms with Gasteiger partial charge in [0.1, 0.15) is 34.2 Å². The maximum Gasteiger partial charge on any atom is 0.308 e. The van der Waals surface area contributed by atoms with E-state index in [0.717, 1.165) is 125 Å². The average Bonchev–Trinajstić information content (AvgIpc) is 3.06. The molecule has 2 aliphatic heterocycles. The van der Waals surface area contributed by atoms with Crippen LogP contribution in [-0.2, 0) is 40.1 Å². The molecule has 274 valence electrons. The van der Waals surface area contributed by atoms with Crippen LogP contribution in [0.2, 0.25) is 0 Å². The monoisotopic (exact) mass is 702 g/mol. The van der Waals surface area contributed by atoms with E-state index in [-0.39, 0.29) is 11.9 Å². The van der Waals surface area contributed by atoms with Crippen LogP contribution in [0.1, 0.15) is 127 Å². The fourth-order valence-electron chi connectivity index (χ4n) is 7.90. The Morgan fingerprint density at radius 3 is 1.71 bits per heavy atom. The minimum absolute atomic E-state index is 0.345. The van der Waals surface area contributed by atoms with E-state index in [2.05, 4.69) is 90.1 Å². The third-order valence-electron chi connectivity index (χ3n) is 10.5. The quantitative estimate of drug-likeness (QED) is 0.0784. The van der Waals surface area contributed by atoms with Crippen LogP contribution >= 0.6 is 0 Å². The fourth-order valence-corrected chi connectivity index (χ4v) is 7.90. The summed E-state index contributed by atoms with van der Waals surface area (Å²) >= 11 is 0. The highest BCUT2D eigenvalue weighted by molar-refractivity contribution is 5.86. The molecular weight excluding hydrogens is 649 g/mol. The number of hydrogen-bond donors (Lipinski definition) is 0. The molecule has 0 N–H and O–H groups in total. The Hall–Kier alpha value is -4.58. The summed E-state index contributed by atoms with van der Waals surface area (Å²) in [6.07, 6.45) is 9.92. The number of carbonyl (C=O) groups excluding carboxylic acids is 2. The Morgan fingerprint density at radius 2 is 1.15 bits per heavy atom. The van der Waals surface area contributed by atoms with Crippen LogP contribution < -0.4 is 18.9 Å². The van der Waals surface area contributed by atoms with E-state index in [1.165, 1.54) is 13.8 Å². The van der Waals surface area contributed by atoms with Gasteiger partial charge >= 0.3 is 11.9 Å². The van der Waals surface area contributed by atoms with Crippen molar-refractivity contribution in [3.63, 3.8) is 0 Å². The first kappa shape index (κ1) is 37.2. The van der Waals surface area contributed by atoms with Gasteiger partial charge in [-0.15, -0.1) is 0 Å². The smallest absolute Gasteiger partial charge is 0.308 e. The second-order valence-electron chi connectivity index (χ2n) is 15.4. The van der Waals surface area contributed by atoms with Gasteiger partial charge in [0.25, 0.3) is 0 Å². The maximum atomic E-state index is 12.4. The van der Waals surface area contributed by atoms with E-state index in [1.54, 1.807) is 0 Å². The molecule has 0 fully saturated rings. The van der Waals surface area contributed by atoms with Gasteiger partial charge in [0, 0.05) is 25.0 Å². The van der Waals surface area contributed by atoms with Crippen molar-refractivity contribution in [2.75, 3.05) is 0 Å². The van der Waals surface area contributed by atoms with Crippen LogP contribution in [0, 0.1) is 6.92 Å². The lowest BCUT2D eigenvalue weighted by molar-refractivity contribution is -0.132. The third kappa shape index (κ3) is 7.77. The van der Waals surface area contributed by atoms with Crippen LogP contribution in [0.5, 0.6) is 23.0 Å². The summed E-state index contributed by atoms with van der Waals surface area (Å²) in [6.45, 7) is 15.7. The van der Waals surface area contributed by atoms with Crippen molar-refractivity contribution in [1.82, 2.24) is 0 Å². The maximum absolute atomic E-state index is 12.4. The average molecular weight is 703 g/mol. The molecule has 0 spiro atoms. The Balaban J connectivity index is 1.38. The molecule has 52 heavy (non-hydrogen) atoms. The van der Waals surface area contributed by atoms with E-state index in [1.807, 2.05) is 12.1 Å². The third-order valence-corrected chi connectivity index (χ3v) is 10.5. The van der Waals surface area contributed by atoms with Crippen LogP contribution in [0.25, 0.3) is 22.3 Å². The van der Waals surface area contributed by atoms with Gasteiger partial charge in [0.05, 0.1) is 11.1 Å². The Labute approximate surface area is 309 Å². The number of esters is 2. The highest BCUT2D eigenvalue weighted by atomic mass is 16.5. The lowest BCUT2D eigenvalue weighted by Crippen LogP contribution is -2.34. The standard InChI is InChI=1S/C46H54O6/c1-9-11-13-15-33-25-40(50-31(5)48)44-36-24-32(18-20-37(36)45(6,7)51-41(44)27-33)21-22-46(8)38-19-17-29(3)23-35(38)43-39(49-30(4)47)26-34(16-14-12-10-2)28-42(43)52-46/h17-20,23-28H,9-16,21-22H2,1-8H3. The van der Waals surface area contributed by atoms with Crippen LogP contribution in [-0.4, -0.2) is 11.9 Å². The number of fused-ring (bicyclic) bond motifs is 6. The molecule has 2 aliphatic rings. The molecule has 0 bridgehead atoms. The number of ether oxygens (including phenoxy) is 4. The molecule has 6 nitrogen and oxygen atoms in total. The van der Waals surface area contributed by atoms with E-state index in [4.69, 9.17) is 18.9 Å². The zero-order valence-corrected chi connectivity index (χ0v) is 32.3. The van der Waals surface area contributed by atoms with Crippen molar-refractivity contribution in [2.24, 2.45) is 0 Å². The summed E-state index contributed by atoms with van der Waals surface area (Å²) in [5, 5.41) is 0. The van der Waals surface area contributed by atoms with Gasteiger partial charge in [-0.25, -0.2) is 0 Å². The molecule has 4 aromatic carbocycles. The van der Waals surface area contributed by atoms with Gasteiger partial charge in [0.15, 0.2) is 0 Å². The number of benzene rings is 4. The second-order valence-corrected chi connectivity index (χ2v) is 15.4. The molecule has 0 saturated heterocycles. The second kappa shape index (κ2) is 15.2. The van der Waals surface area contributed by atoms with E-state index in [9.17, 15) is 9.59 Å². The molecule has 1 atom stereocenters. The van der Waals surface area contributed by atoms with Gasteiger partial charge in [-0.2, -0.15) is 0 Å². The van der Waals surface area contributed by atoms with Gasteiger partial charge in [-0.05, 0) is 118 Å². The minimum Gasteiger partial charge on any atom is -0.482 e. The van der Waals surface area contributed by atoms with Gasteiger partial charge in [-0.3, -0.25) is 9.59 Å². The SMILES string of the molecule is CCCCCc1cc(OC(C)=O)c2c(c1)OC(C)(C)c1ccc(CCC3(C)Oc4cc(CCCCC)cc(OC(C)=O)c4-c4cc(C)ccc43)cc1-2. The van der Waals surface area contributed by atoms with Gasteiger partial charge < -0.3 is 18.9 Å². The Bertz CT molecular complexity index is 1990. The number of rotatable bonds is 13. The Kier molecular flexibility index (Phi) is 10.9. The highest BCUT2D eigenvalue weighted by Gasteiger charge is 2.39. The van der Waals surface area contributed by atoms with Crippen molar-refractivity contribution in [1.29, 1.82) is 0 Å². The number of hydrogen-bond acceptors (Lipinski definition) is 6. The highest BCUT2D eigenvalue weighted by Crippen LogP contribution is 2.53. The molecule has 2 heterocycles. The molecule has 0 amide bonds. The number of carbonyl (C=O) groups is 2. The summed E-state index contributed by atoms with van der Waals surface area (Å²) < 4.78 is 25.4. The predicted octanol–water partition coefficient (Wildman–Crippen LogP) is 11.5. The van der Waals surface area contributed by atoms with E-state index in [0.29, 0.717) is 17.9 Å². The first-order valence-electron chi connectivity index (χ1n) is 19.2. The molecular formula is C46H54O6. The van der Waals surface area contributed by atoms with Crippen molar-refractivity contribution in [3.8, 4) is 45.3 Å². The summed E-state index contributed by atoms with van der Waals surface area (Å²) in [5.41, 5.74) is 9.16. The minimum atomic E-state index is -0.641. The molecule has 6 rings (SSSR count). The lowest BCUT2D eigenvalue weighted by atomic mass is 9.79. The predicted molar refractivity (Wildman–Crippen MR) is 208 cm³/mol. The normalized spacial score (nSPS) is 16.4. The van der Waals surface area contributed by atoms with Crippen molar-refractivity contribution in [2.45, 2.75) is 131 Å². The number of aryl methyl sites for hydroxylation is 4. The van der Waals surface area contributed by atoms with Gasteiger partial charge in [0.2, 0.25) is 0 Å². The molecule has 0 saturated carbocycles. The summed E-state index contributed by atoms with van der Waals surface area (Å²) in [6, 6.07) is 21.4. The number of unbranched alkanes of at least 4 members (excludes halogenated alkanes) is 4. The molecule has 6 heteroatoms. The molecule has 0 aliphatic carbocycles. The topological polar surface area (TPSA) is 71.1 Å². The largest absolute Gasteiger partial charge is 0.482 e. The summed E-state index contributed by atoms with van der Waals surface area (Å²) in [4.78, 5) is 24.7. The summed E-state index contributed by atoms with van der Waals surface area (Å²) in [5.74, 6) is 1.92. The lowest BCUT2D eigenvalue weighted by Gasteiger charge is -2.39. The molecule has 0 aromatic heterocycles. The fraction of sp³-hybridized carbons (Fsp3) is 0.435. The Morgan fingerprint density at radius 1 is 0.615 bits per heavy atom. The first-order chi connectivity index (χ1) is 24.8. The molecule has 4 aromatic rings. The molecule has 0 radical (unpaired) electrons. The van der Waals surface area contributed by atoms with Crippen LogP contribution in [0.15, 0.2) is 60.7 Å². The zero-order valence-electron chi connectivity index (χ0n) is 32.3. The zero-order chi connectivity index (χ0) is 37.2. The first-order valence-corrected chi connectivity index (χ1v) is 19.2. The molecule has 1 unspecified atom stereocenters. The van der Waals surface area contributed by atoms with Crippen molar-refractivity contribution in [3.05, 3.63) is 94.0 Å². The van der Waals surface area contributed by atoms with E-state index >= 15 is 0 Å². The van der Waals surface area contributed by atoms with E-state index < -0.39 is 11.2 Å². The summed E-state index contributed by atoms with van der Waals surface area (Å²) in [7, 11) is 0. The van der Waals surface area contributed by atoms with Crippen molar-refractivity contribution >= 4 is 11.9 Å².